The second-order valence-electron chi connectivity index (χ2n) is 6.29. The Kier molecular flexibility index (Phi) is 9.25. The summed E-state index contributed by atoms with van der Waals surface area (Å²) in [6.07, 6.45) is 1.77. The first-order chi connectivity index (χ1) is 13.6. The van der Waals surface area contributed by atoms with Gasteiger partial charge in [0.05, 0.1) is 12.4 Å². The number of aliphatic carboxylic acids is 2. The number of hydrogen-bond donors (Lipinski definition) is 7. The maximum Gasteiger partial charge on any atom is 0.326 e. The van der Waals surface area contributed by atoms with Gasteiger partial charge in [-0.05, 0) is 12.8 Å². The summed E-state index contributed by atoms with van der Waals surface area (Å²) in [5.41, 5.74) is 11.1. The molecule has 0 saturated heterocycles. The number of rotatable bonds is 13. The van der Waals surface area contributed by atoms with Crippen LogP contribution in [0.25, 0.3) is 0 Å². The lowest BCUT2D eigenvalue weighted by atomic mass is 10.1. The number of hydrogen-bond acceptors (Lipinski definition) is 7. The second kappa shape index (κ2) is 11.4. The molecular formula is C16H24N6O7. The Morgan fingerprint density at radius 2 is 1.69 bits per heavy atom. The Hall–Kier alpha value is -3.48. The maximum atomic E-state index is 12.6. The fraction of sp³-hybridized carbons (Fsp3) is 0.500. The van der Waals surface area contributed by atoms with Crippen molar-refractivity contribution in [1.29, 1.82) is 0 Å². The molecule has 0 saturated carbocycles. The minimum Gasteiger partial charge on any atom is -0.481 e. The lowest BCUT2D eigenvalue weighted by Crippen LogP contribution is -2.55. The number of H-pyrrole nitrogens is 1. The molecule has 3 amide bonds. The minimum absolute atomic E-state index is 0.0502. The lowest BCUT2D eigenvalue weighted by Gasteiger charge is -2.22. The van der Waals surface area contributed by atoms with Gasteiger partial charge in [-0.2, -0.15) is 0 Å². The number of carbonyl (C=O) groups is 5. The largest absolute Gasteiger partial charge is 0.481 e. The third kappa shape index (κ3) is 8.83. The number of carboxylic acids is 2. The molecule has 0 radical (unpaired) electrons. The molecule has 0 aliphatic carbocycles. The Morgan fingerprint density at radius 3 is 2.21 bits per heavy atom. The van der Waals surface area contributed by atoms with Gasteiger partial charge in [-0.1, -0.05) is 0 Å². The van der Waals surface area contributed by atoms with E-state index in [1.54, 1.807) is 0 Å². The van der Waals surface area contributed by atoms with E-state index in [1.807, 2.05) is 0 Å². The molecule has 1 heterocycles. The van der Waals surface area contributed by atoms with E-state index < -0.39 is 47.8 Å². The second-order valence-corrected chi connectivity index (χ2v) is 6.29. The number of carboxylic acid groups (broad SMARTS) is 2. The van der Waals surface area contributed by atoms with Gasteiger partial charge >= 0.3 is 11.9 Å². The number of aromatic nitrogens is 2. The van der Waals surface area contributed by atoms with Crippen molar-refractivity contribution in [2.75, 3.05) is 0 Å². The Labute approximate surface area is 165 Å². The average molecular weight is 412 g/mol. The minimum atomic E-state index is -1.39. The van der Waals surface area contributed by atoms with Crippen molar-refractivity contribution in [3.8, 4) is 0 Å². The van der Waals surface area contributed by atoms with Gasteiger partial charge in [-0.25, -0.2) is 9.78 Å². The monoisotopic (exact) mass is 412 g/mol. The predicted octanol–water partition coefficient (Wildman–Crippen LogP) is -2.54. The molecule has 3 atom stereocenters. The van der Waals surface area contributed by atoms with Gasteiger partial charge in [-0.3, -0.25) is 19.2 Å². The van der Waals surface area contributed by atoms with E-state index in [0.717, 1.165) is 0 Å². The van der Waals surface area contributed by atoms with Gasteiger partial charge < -0.3 is 37.3 Å². The molecule has 1 aromatic rings. The zero-order chi connectivity index (χ0) is 22.0. The van der Waals surface area contributed by atoms with E-state index in [9.17, 15) is 29.1 Å². The Bertz CT molecular complexity index is 736. The molecule has 13 nitrogen and oxygen atoms in total. The number of amides is 3. The first-order valence-corrected chi connectivity index (χ1v) is 8.66. The van der Waals surface area contributed by atoms with Crippen LogP contribution >= 0.6 is 0 Å². The van der Waals surface area contributed by atoms with Gasteiger partial charge in [0.2, 0.25) is 17.7 Å². The highest BCUT2D eigenvalue weighted by Gasteiger charge is 2.28. The summed E-state index contributed by atoms with van der Waals surface area (Å²) >= 11 is 0. The van der Waals surface area contributed by atoms with Crippen LogP contribution in [0.4, 0.5) is 0 Å². The number of nitrogens with two attached hydrogens (primary N) is 2. The van der Waals surface area contributed by atoms with Crippen LogP contribution in [-0.4, -0.2) is 68.0 Å². The SMILES string of the molecule is NC(=O)CCC(NC(=O)C(Cc1cnc[nH]1)NC(=O)C(N)CCC(=O)O)C(=O)O. The number of imidazole rings is 1. The van der Waals surface area contributed by atoms with Crippen LogP contribution in [0.3, 0.4) is 0 Å². The molecule has 0 bridgehead atoms. The van der Waals surface area contributed by atoms with Crippen LogP contribution in [0.5, 0.6) is 0 Å². The molecule has 0 aliphatic rings. The van der Waals surface area contributed by atoms with Crippen molar-refractivity contribution < 1.29 is 34.2 Å². The smallest absolute Gasteiger partial charge is 0.326 e. The van der Waals surface area contributed by atoms with E-state index in [0.29, 0.717) is 5.69 Å². The number of carbonyl (C=O) groups excluding carboxylic acids is 3. The summed E-state index contributed by atoms with van der Waals surface area (Å²) in [6, 6.07) is -3.78. The number of nitrogens with zero attached hydrogens (tertiary/aromatic N) is 1. The Morgan fingerprint density at radius 1 is 1.03 bits per heavy atom. The van der Waals surface area contributed by atoms with Crippen molar-refractivity contribution in [3.05, 3.63) is 18.2 Å². The van der Waals surface area contributed by atoms with E-state index in [-0.39, 0.29) is 32.1 Å². The van der Waals surface area contributed by atoms with Gasteiger partial charge in [0, 0.05) is 31.2 Å². The molecule has 0 spiro atoms. The molecule has 1 rings (SSSR count). The molecule has 3 unspecified atom stereocenters. The highest BCUT2D eigenvalue weighted by Crippen LogP contribution is 2.04. The fourth-order valence-electron chi connectivity index (χ4n) is 2.33. The molecule has 0 aromatic carbocycles. The number of aromatic amines is 1. The van der Waals surface area contributed by atoms with Crippen LogP contribution in [0.1, 0.15) is 31.4 Å². The molecular weight excluding hydrogens is 388 g/mol. The molecule has 0 aliphatic heterocycles. The molecule has 0 fully saturated rings. The quantitative estimate of drug-likeness (QED) is 0.181. The van der Waals surface area contributed by atoms with Crippen molar-refractivity contribution in [1.82, 2.24) is 20.6 Å². The third-order valence-corrected chi connectivity index (χ3v) is 3.91. The molecule has 1 aromatic heterocycles. The average Bonchev–Trinajstić information content (AvgIpc) is 3.14. The number of primary amides is 1. The van der Waals surface area contributed by atoms with Crippen LogP contribution < -0.4 is 22.1 Å². The zero-order valence-electron chi connectivity index (χ0n) is 15.5. The van der Waals surface area contributed by atoms with Crippen molar-refractivity contribution in [2.24, 2.45) is 11.5 Å². The zero-order valence-corrected chi connectivity index (χ0v) is 15.5. The fourth-order valence-corrected chi connectivity index (χ4v) is 2.33. The summed E-state index contributed by atoms with van der Waals surface area (Å²) in [5, 5.41) is 22.5. The predicted molar refractivity (Wildman–Crippen MR) is 97.1 cm³/mol. The summed E-state index contributed by atoms with van der Waals surface area (Å²) in [4.78, 5) is 64.2. The van der Waals surface area contributed by atoms with Crippen molar-refractivity contribution in [3.63, 3.8) is 0 Å². The van der Waals surface area contributed by atoms with Crippen LogP contribution in [0.15, 0.2) is 12.5 Å². The normalized spacial score (nSPS) is 13.7. The van der Waals surface area contributed by atoms with Gasteiger partial charge in [0.1, 0.15) is 12.1 Å². The maximum absolute atomic E-state index is 12.6. The van der Waals surface area contributed by atoms with E-state index >= 15 is 0 Å². The van der Waals surface area contributed by atoms with E-state index in [4.69, 9.17) is 16.6 Å². The van der Waals surface area contributed by atoms with Gasteiger partial charge in [0.15, 0.2) is 0 Å². The van der Waals surface area contributed by atoms with Crippen LogP contribution in [0.2, 0.25) is 0 Å². The highest BCUT2D eigenvalue weighted by molar-refractivity contribution is 5.92. The van der Waals surface area contributed by atoms with Crippen LogP contribution in [-0.2, 0) is 30.4 Å². The summed E-state index contributed by atoms with van der Waals surface area (Å²) in [6.45, 7) is 0. The Balaban J connectivity index is 2.85. The summed E-state index contributed by atoms with van der Waals surface area (Å²) in [7, 11) is 0. The first kappa shape index (κ1) is 23.6. The highest BCUT2D eigenvalue weighted by atomic mass is 16.4. The standard InChI is InChI=1S/C16H24N6O7/c17-9(1-4-13(24)25)14(26)22-11(5-8-6-19-7-20-8)15(27)21-10(16(28)29)2-3-12(18)23/h6-7,9-11H,1-5,17H2,(H2,18,23)(H,19,20)(H,21,27)(H,22,26)(H,24,25)(H,28,29). The third-order valence-electron chi connectivity index (χ3n) is 3.91. The van der Waals surface area contributed by atoms with E-state index in [1.165, 1.54) is 12.5 Å². The number of nitrogens with one attached hydrogen (secondary N) is 3. The summed E-state index contributed by atoms with van der Waals surface area (Å²) < 4.78 is 0. The van der Waals surface area contributed by atoms with Gasteiger partial charge in [-0.15, -0.1) is 0 Å². The van der Waals surface area contributed by atoms with E-state index in [2.05, 4.69) is 20.6 Å². The van der Waals surface area contributed by atoms with Crippen molar-refractivity contribution >= 4 is 29.7 Å². The van der Waals surface area contributed by atoms with Crippen LogP contribution in [0, 0.1) is 0 Å². The van der Waals surface area contributed by atoms with Crippen molar-refractivity contribution in [2.45, 2.75) is 50.2 Å². The molecule has 13 heteroatoms. The lowest BCUT2D eigenvalue weighted by molar-refractivity contribution is -0.142. The molecule has 29 heavy (non-hydrogen) atoms. The topological polar surface area (TPSA) is 231 Å². The van der Waals surface area contributed by atoms with Gasteiger partial charge in [0.25, 0.3) is 0 Å². The first-order valence-electron chi connectivity index (χ1n) is 8.66. The molecule has 160 valence electrons. The summed E-state index contributed by atoms with van der Waals surface area (Å²) in [5.74, 6) is -4.81. The molecule has 9 N–H and O–H groups in total.